The first kappa shape index (κ1) is 26.3. The number of carbonyl (C=O) groups is 2. The number of nitrogens with two attached hydrogens (primary N) is 1. The van der Waals surface area contributed by atoms with Gasteiger partial charge in [0.25, 0.3) is 5.91 Å². The van der Waals surface area contributed by atoms with E-state index in [9.17, 15) is 9.59 Å². The lowest BCUT2D eigenvalue weighted by atomic mass is 9.71. The van der Waals surface area contributed by atoms with Crippen LogP contribution in [0.2, 0.25) is 0 Å². The molecule has 0 aromatic heterocycles. The van der Waals surface area contributed by atoms with E-state index in [0.29, 0.717) is 29.5 Å². The average Bonchev–Trinajstić information content (AvgIpc) is 3.35. The van der Waals surface area contributed by atoms with E-state index in [1.165, 1.54) is 0 Å². The number of nitrogens with zero attached hydrogens (tertiary/aromatic N) is 3. The van der Waals surface area contributed by atoms with Gasteiger partial charge in [0.2, 0.25) is 18.7 Å². The van der Waals surface area contributed by atoms with Gasteiger partial charge in [-0.25, -0.2) is 5.53 Å². The number of rotatable bonds is 6. The summed E-state index contributed by atoms with van der Waals surface area (Å²) >= 11 is 0. The van der Waals surface area contributed by atoms with Gasteiger partial charge in [-0.3, -0.25) is 9.59 Å². The van der Waals surface area contributed by atoms with E-state index in [0.717, 1.165) is 36.8 Å². The second-order valence-electron chi connectivity index (χ2n) is 10.8. The Balaban J connectivity index is 1.51. The van der Waals surface area contributed by atoms with Gasteiger partial charge >= 0.3 is 0 Å². The molecule has 9 heteroatoms. The highest BCUT2D eigenvalue weighted by molar-refractivity contribution is 6.02. The molecule has 1 heterocycles. The second-order valence-corrected chi connectivity index (χ2v) is 10.8. The Morgan fingerprint density at radius 3 is 2.30 bits per heavy atom. The Hall–Kier alpha value is -3.75. The van der Waals surface area contributed by atoms with Crippen LogP contribution in [0.1, 0.15) is 67.9 Å². The second kappa shape index (κ2) is 11.1. The molecule has 4 rings (SSSR count). The minimum absolute atomic E-state index is 0.0626. The minimum Gasteiger partial charge on any atom is -0.454 e. The van der Waals surface area contributed by atoms with Crippen LogP contribution >= 0.6 is 0 Å². The highest BCUT2D eigenvalue weighted by Gasteiger charge is 2.33. The van der Waals surface area contributed by atoms with Crippen molar-refractivity contribution in [3.8, 4) is 11.5 Å². The summed E-state index contributed by atoms with van der Waals surface area (Å²) in [6.45, 7) is 7.53. The largest absolute Gasteiger partial charge is 0.454 e. The molecule has 196 valence electrons. The monoisotopic (exact) mass is 505 g/mol. The first-order chi connectivity index (χ1) is 17.6. The molecule has 0 spiro atoms. The number of hydrogen-bond acceptors (Lipinski definition) is 5. The number of benzene rings is 2. The Labute approximate surface area is 217 Å². The number of aliphatic imine (C=N–C) groups is 1. The van der Waals surface area contributed by atoms with Gasteiger partial charge < -0.3 is 20.1 Å². The molecule has 2 aromatic carbocycles. The van der Waals surface area contributed by atoms with Crippen LogP contribution in [0.5, 0.6) is 11.5 Å². The third-order valence-electron chi connectivity index (χ3n) is 7.36. The summed E-state index contributed by atoms with van der Waals surface area (Å²) in [5.41, 5.74) is 14.6. The normalized spacial score (nSPS) is 19.4. The summed E-state index contributed by atoms with van der Waals surface area (Å²) in [7, 11) is 0. The van der Waals surface area contributed by atoms with Gasteiger partial charge in [-0.2, -0.15) is 4.99 Å². The van der Waals surface area contributed by atoms with E-state index in [4.69, 9.17) is 20.7 Å². The number of fused-ring (bicyclic) bond motifs is 1. The molecule has 0 saturated heterocycles. The molecule has 1 aliphatic carbocycles. The maximum Gasteiger partial charge on any atom is 0.280 e. The van der Waals surface area contributed by atoms with Gasteiger partial charge in [0.15, 0.2) is 11.5 Å². The smallest absolute Gasteiger partial charge is 0.280 e. The van der Waals surface area contributed by atoms with Crippen LogP contribution in [-0.4, -0.2) is 35.5 Å². The quantitative estimate of drug-likeness (QED) is 0.321. The Kier molecular flexibility index (Phi) is 7.90. The van der Waals surface area contributed by atoms with Crippen molar-refractivity contribution in [3.05, 3.63) is 59.2 Å². The van der Waals surface area contributed by atoms with Crippen molar-refractivity contribution in [2.24, 2.45) is 27.2 Å². The molecular weight excluding hydrogens is 470 g/mol. The lowest BCUT2D eigenvalue weighted by Gasteiger charge is -2.41. The van der Waals surface area contributed by atoms with Crippen LogP contribution in [0, 0.1) is 16.9 Å². The van der Waals surface area contributed by atoms with Crippen LogP contribution in [0.15, 0.2) is 52.6 Å². The molecule has 1 aliphatic heterocycles. The first-order valence-corrected chi connectivity index (χ1v) is 12.7. The van der Waals surface area contributed by atoms with Gasteiger partial charge in [-0.1, -0.05) is 39.0 Å². The fraction of sp³-hybridized carbons (Fsp3) is 0.464. The number of ether oxygens (including phenoxy) is 2. The summed E-state index contributed by atoms with van der Waals surface area (Å²) in [4.78, 5) is 31.4. The predicted molar refractivity (Wildman–Crippen MR) is 140 cm³/mol. The highest BCUT2D eigenvalue weighted by Crippen LogP contribution is 2.39. The van der Waals surface area contributed by atoms with Crippen LogP contribution < -0.4 is 15.2 Å². The van der Waals surface area contributed by atoms with Gasteiger partial charge in [0.05, 0.1) is 6.42 Å². The zero-order chi connectivity index (χ0) is 26.6. The van der Waals surface area contributed by atoms with Crippen molar-refractivity contribution in [1.29, 1.82) is 5.53 Å². The van der Waals surface area contributed by atoms with Crippen molar-refractivity contribution in [2.45, 2.75) is 65.5 Å². The van der Waals surface area contributed by atoms with Crippen molar-refractivity contribution < 1.29 is 19.1 Å². The Bertz CT molecular complexity index is 1180. The van der Waals surface area contributed by atoms with Crippen molar-refractivity contribution in [1.82, 2.24) is 4.90 Å². The molecule has 2 amide bonds. The zero-order valence-electron chi connectivity index (χ0n) is 21.7. The molecule has 0 bridgehead atoms. The van der Waals surface area contributed by atoms with E-state index in [1.807, 2.05) is 35.2 Å². The van der Waals surface area contributed by atoms with E-state index in [2.05, 4.69) is 30.9 Å². The predicted octanol–water partition coefficient (Wildman–Crippen LogP) is 5.08. The number of carbonyl (C=O) groups excluding carboxylic acids is 2. The summed E-state index contributed by atoms with van der Waals surface area (Å²) in [6.07, 6.45) is 4.40. The average molecular weight is 506 g/mol. The van der Waals surface area contributed by atoms with Crippen LogP contribution in [0.25, 0.3) is 0 Å². The van der Waals surface area contributed by atoms with Gasteiger partial charge in [-0.05, 0) is 72.4 Å². The molecular formula is C28H35N5O4. The lowest BCUT2D eigenvalue weighted by molar-refractivity contribution is -0.134. The number of nitrogens with one attached hydrogen (secondary N) is 1. The number of amides is 2. The molecule has 0 radical (unpaired) electrons. The summed E-state index contributed by atoms with van der Waals surface area (Å²) in [6, 6.07) is 12.8. The third kappa shape index (κ3) is 6.53. The Morgan fingerprint density at radius 2 is 1.65 bits per heavy atom. The standard InChI is InChI=1S/C28H35N5O4/c1-28(2,3)21-9-11-22(12-10-21)33(25(34)15-19-6-13-23-24(14-19)37-17-36-23)16-18-4-7-20(8-5-18)26(35)31-27(29)32-30/h4-8,13-14,21-22,30H,9-12,15-17H2,1-3H3,(H2,29,31,35). The molecule has 0 atom stereocenters. The number of hydrogen-bond donors (Lipinski definition) is 2. The van der Waals surface area contributed by atoms with Gasteiger partial charge in [0.1, 0.15) is 0 Å². The maximum atomic E-state index is 13.7. The third-order valence-corrected chi connectivity index (χ3v) is 7.36. The topological polar surface area (TPSA) is 130 Å². The fourth-order valence-electron chi connectivity index (χ4n) is 5.14. The van der Waals surface area contributed by atoms with Gasteiger partial charge in [0, 0.05) is 18.2 Å². The van der Waals surface area contributed by atoms with Crippen LogP contribution in [-0.2, 0) is 17.8 Å². The van der Waals surface area contributed by atoms with Crippen molar-refractivity contribution in [2.75, 3.05) is 6.79 Å². The lowest BCUT2D eigenvalue weighted by Crippen LogP contribution is -2.43. The molecule has 0 unspecified atom stereocenters. The Morgan fingerprint density at radius 1 is 1.00 bits per heavy atom. The summed E-state index contributed by atoms with van der Waals surface area (Å²) < 4.78 is 10.9. The van der Waals surface area contributed by atoms with Crippen molar-refractivity contribution in [3.63, 3.8) is 0 Å². The molecule has 9 nitrogen and oxygen atoms in total. The van der Waals surface area contributed by atoms with Crippen molar-refractivity contribution >= 4 is 17.8 Å². The van der Waals surface area contributed by atoms with E-state index in [-0.39, 0.29) is 36.5 Å². The molecule has 1 fully saturated rings. The van der Waals surface area contributed by atoms with E-state index < -0.39 is 5.91 Å². The first-order valence-electron chi connectivity index (χ1n) is 12.7. The molecule has 2 aromatic rings. The summed E-state index contributed by atoms with van der Waals surface area (Å²) in [5, 5.41) is 2.95. The molecule has 37 heavy (non-hydrogen) atoms. The maximum absolute atomic E-state index is 13.7. The molecule has 3 N–H and O–H groups in total. The minimum atomic E-state index is -0.559. The van der Waals surface area contributed by atoms with E-state index >= 15 is 0 Å². The number of guanidine groups is 1. The van der Waals surface area contributed by atoms with Crippen LogP contribution in [0.3, 0.4) is 0 Å². The molecule has 2 aliphatic rings. The SMILES string of the molecule is CC(C)(C)C1CCC(N(Cc2ccc(C(=O)N=C(N)N=N)cc2)C(=O)Cc2ccc3c(c2)OCO3)CC1. The van der Waals surface area contributed by atoms with Gasteiger partial charge in [-0.15, -0.1) is 5.11 Å². The highest BCUT2D eigenvalue weighted by atomic mass is 16.7. The zero-order valence-corrected chi connectivity index (χ0v) is 21.7. The molecule has 1 saturated carbocycles. The van der Waals surface area contributed by atoms with Crippen LogP contribution in [0.4, 0.5) is 0 Å². The summed E-state index contributed by atoms with van der Waals surface area (Å²) in [5.74, 6) is 1.13. The fourth-order valence-corrected chi connectivity index (χ4v) is 5.14. The van der Waals surface area contributed by atoms with E-state index in [1.54, 1.807) is 12.1 Å².